The zero-order valence-corrected chi connectivity index (χ0v) is 63.5. The van der Waals surface area contributed by atoms with Crippen molar-refractivity contribution in [2.24, 2.45) is 0 Å². The van der Waals surface area contributed by atoms with Crippen LogP contribution in [-0.4, -0.2) is 333 Å². The number of carbonyl (C=O) groups excluding carboxylic acids is 2. The number of phenols is 3. The highest BCUT2D eigenvalue weighted by Gasteiger charge is 2.70. The van der Waals surface area contributed by atoms with Crippen LogP contribution in [0.2, 0.25) is 5.02 Å². The third-order valence-corrected chi connectivity index (χ3v) is 22.7. The van der Waals surface area contributed by atoms with Crippen molar-refractivity contribution in [1.29, 1.82) is 0 Å². The van der Waals surface area contributed by atoms with Gasteiger partial charge in [0.15, 0.2) is 67.9 Å². The number of nitro groups is 1. The Bertz CT molecular complexity index is 3570. The van der Waals surface area contributed by atoms with E-state index in [9.17, 15) is 60.6 Å². The van der Waals surface area contributed by atoms with E-state index in [1.54, 1.807) is 34.6 Å². The smallest absolute Gasteiger partial charge is 0.342 e. The van der Waals surface area contributed by atoms with Gasteiger partial charge in [0.2, 0.25) is 0 Å². The van der Waals surface area contributed by atoms with Crippen LogP contribution >= 0.6 is 11.6 Å². The Labute approximate surface area is 635 Å². The van der Waals surface area contributed by atoms with Gasteiger partial charge in [-0.05, 0) is 78.6 Å². The molecule has 0 radical (unpaired) electrons. The van der Waals surface area contributed by atoms with Crippen LogP contribution in [0.1, 0.15) is 99.6 Å². The van der Waals surface area contributed by atoms with E-state index in [2.05, 4.69) is 0 Å². The molecule has 35 atom stereocenters. The molecule has 13 rings (SSSR count). The van der Waals surface area contributed by atoms with Gasteiger partial charge in [-0.1, -0.05) is 11.6 Å². The first kappa shape index (κ1) is 83.1. The predicted molar refractivity (Wildman–Crippen MR) is 358 cm³/mol. The lowest BCUT2D eigenvalue weighted by atomic mass is 9.85. The molecule has 11 heterocycles. The molecule has 2 spiro atoms. The van der Waals surface area contributed by atoms with E-state index >= 15 is 0 Å². The van der Waals surface area contributed by atoms with Crippen molar-refractivity contribution >= 4 is 23.5 Å². The number of carbonyl (C=O) groups is 2. The van der Waals surface area contributed by atoms with Crippen LogP contribution < -0.4 is 4.74 Å². The Morgan fingerprint density at radius 2 is 1.29 bits per heavy atom. The Kier molecular flexibility index (Phi) is 24.7. The molecule has 11 fully saturated rings. The number of rotatable bonds is 21. The van der Waals surface area contributed by atoms with Gasteiger partial charge in [0, 0.05) is 52.8 Å². The third kappa shape index (κ3) is 15.3. The van der Waals surface area contributed by atoms with Crippen LogP contribution in [0.25, 0.3) is 0 Å². The number of benzene rings is 2. The third-order valence-electron chi connectivity index (χ3n) is 22.3. The summed E-state index contributed by atoms with van der Waals surface area (Å²) < 4.78 is 160. The van der Waals surface area contributed by atoms with Crippen LogP contribution in [0.5, 0.6) is 23.0 Å². The molecule has 11 saturated heterocycles. The number of aromatic hydroxyl groups is 3. The molecule has 2 aromatic carbocycles. The topological polar surface area (TPSA) is 479 Å². The lowest BCUT2D eigenvalue weighted by molar-refractivity contribution is -0.595. The molecule has 0 aromatic heterocycles. The maximum absolute atomic E-state index is 14.2. The van der Waals surface area contributed by atoms with E-state index in [-0.39, 0.29) is 84.0 Å². The average molecular weight is 1600 g/mol. The quantitative estimate of drug-likeness (QED) is 0.0482. The Balaban J connectivity index is 0.642. The van der Waals surface area contributed by atoms with Gasteiger partial charge in [0.25, 0.3) is 11.5 Å². The van der Waals surface area contributed by atoms with Gasteiger partial charge >= 0.3 is 17.9 Å². The summed E-state index contributed by atoms with van der Waals surface area (Å²) >= 11 is 6.37. The molecule has 2 aromatic rings. The van der Waals surface area contributed by atoms with E-state index in [4.69, 9.17) is 135 Å². The largest absolute Gasteiger partial charge is 0.508 e. The Morgan fingerprint density at radius 1 is 0.600 bits per heavy atom. The maximum Gasteiger partial charge on any atom is 0.342 e. The van der Waals surface area contributed by atoms with E-state index in [0.29, 0.717) is 0 Å². The minimum atomic E-state index is -2.05. The zero-order valence-electron chi connectivity index (χ0n) is 62.7. The molecule has 40 heteroatoms. The molecule has 39 nitrogen and oxygen atoms in total. The van der Waals surface area contributed by atoms with Gasteiger partial charge in [-0.3, -0.25) is 10.1 Å². The average Bonchev–Trinajstić information content (AvgIpc) is 1.56. The molecule has 11 aliphatic rings. The zero-order chi connectivity index (χ0) is 79.3. The number of hydrogen-bond acceptors (Lipinski definition) is 38. The standard InChI is InChI=1S/C70H98ClNO38/c1-25-15-32(73)17-33(74)42(25)61(81)99-38-23-93-70(60-53(38)91-24-92-60)107-39-22-90-63(46(78)52(39)108-70)105-65-56(88-13)45(77)51(37(100-65)21-85-10)103-64-47(79)55(50(86-11)28(4)96-64)104-66-57(80)68(9)59(31(7)97-66)109-69(110-68)19-35(76)48(29(5)106-69)101-40-18-36(98-41-20-67(8,72(83)84)58(89-14)30(6)95-41)49(27(3)94-40)102-62(82)43-26(2)16-34(75)44(71)54(43)87-12/h15-17,27-31,35-41,45-53,55-60,63-66,73-80H,18-24H2,1-14H3/t27-,28-,29-,30+,31-,35-,36-,37-,38-,39+,40+,41+,45+,46-,47-,48-,49-,50+,51-,52-,53+,55-,56+,57-,58+,59-,60?,63+,64+,65+,66+,67+,68-,69?,70?/m1/s1. The van der Waals surface area contributed by atoms with Crippen molar-refractivity contribution in [3.05, 3.63) is 55.6 Å². The summed E-state index contributed by atoms with van der Waals surface area (Å²) in [7, 11) is 6.57. The summed E-state index contributed by atoms with van der Waals surface area (Å²) in [4.78, 5) is 39.7. The number of aryl methyl sites for hydroxylation is 2. The fraction of sp³-hybridized carbons (Fsp3) is 0.800. The summed E-state index contributed by atoms with van der Waals surface area (Å²) in [5.41, 5.74) is -3.21. The van der Waals surface area contributed by atoms with Gasteiger partial charge in [-0.2, -0.15) is 0 Å². The number of methoxy groups -OCH3 is 5. The molecule has 0 amide bonds. The molecule has 11 aliphatic heterocycles. The second kappa shape index (κ2) is 32.7. The fourth-order valence-electron chi connectivity index (χ4n) is 17.0. The second-order valence-corrected chi connectivity index (χ2v) is 30.2. The van der Waals surface area contributed by atoms with Crippen molar-refractivity contribution < 1.29 is 179 Å². The summed E-state index contributed by atoms with van der Waals surface area (Å²) in [6.07, 6.45) is -40.5. The van der Waals surface area contributed by atoms with Crippen LogP contribution in [0.4, 0.5) is 0 Å². The summed E-state index contributed by atoms with van der Waals surface area (Å²) in [5, 5.41) is 104. The van der Waals surface area contributed by atoms with Crippen molar-refractivity contribution in [2.45, 2.75) is 295 Å². The fourth-order valence-corrected chi connectivity index (χ4v) is 17.2. The van der Waals surface area contributed by atoms with E-state index in [0.717, 1.165) is 6.07 Å². The highest BCUT2D eigenvalue weighted by molar-refractivity contribution is 6.34. The lowest BCUT2D eigenvalue weighted by Crippen LogP contribution is -2.68. The molecule has 618 valence electrons. The lowest BCUT2D eigenvalue weighted by Gasteiger charge is -2.50. The van der Waals surface area contributed by atoms with Gasteiger partial charge < -0.3 is 164 Å². The first-order valence-corrected chi connectivity index (χ1v) is 36.6. The Morgan fingerprint density at radius 3 is 1.97 bits per heavy atom. The van der Waals surface area contributed by atoms with Crippen molar-refractivity contribution in [3.63, 3.8) is 0 Å². The molecule has 3 unspecified atom stereocenters. The highest BCUT2D eigenvalue weighted by atomic mass is 35.5. The minimum Gasteiger partial charge on any atom is -0.508 e. The first-order chi connectivity index (χ1) is 52.1. The molecule has 0 aliphatic carbocycles. The predicted octanol–water partition coefficient (Wildman–Crippen LogP) is 0.609. The number of aliphatic hydroxyl groups excluding tert-OH is 5. The van der Waals surface area contributed by atoms with E-state index in [1.165, 1.54) is 75.4 Å². The number of nitrogens with zero attached hydrogens (tertiary/aromatic N) is 1. The number of ether oxygens (including phenoxy) is 26. The maximum atomic E-state index is 14.2. The number of hydrogen-bond donors (Lipinski definition) is 8. The van der Waals surface area contributed by atoms with E-state index < -0.39 is 242 Å². The number of esters is 2. The number of halogens is 1. The van der Waals surface area contributed by atoms with Crippen molar-refractivity contribution in [1.82, 2.24) is 0 Å². The van der Waals surface area contributed by atoms with Gasteiger partial charge in [0.05, 0.1) is 76.4 Å². The molecular formula is C70H98ClNO38. The summed E-state index contributed by atoms with van der Waals surface area (Å²) in [6, 6.07) is 3.55. The minimum absolute atomic E-state index is 0.105. The molecule has 8 N–H and O–H groups in total. The van der Waals surface area contributed by atoms with Crippen LogP contribution in [0, 0.1) is 24.0 Å². The second-order valence-electron chi connectivity index (χ2n) is 29.8. The molecular weight excluding hydrogens is 1500 g/mol. The van der Waals surface area contributed by atoms with Gasteiger partial charge in [0.1, 0.15) is 137 Å². The van der Waals surface area contributed by atoms with Gasteiger partial charge in [-0.25, -0.2) is 9.59 Å². The number of fused-ring (bicyclic) bond motifs is 4. The van der Waals surface area contributed by atoms with Gasteiger partial charge in [-0.15, -0.1) is 0 Å². The van der Waals surface area contributed by atoms with Crippen LogP contribution in [0.15, 0.2) is 18.2 Å². The highest BCUT2D eigenvalue weighted by Crippen LogP contribution is 2.53. The first-order valence-electron chi connectivity index (χ1n) is 36.2. The van der Waals surface area contributed by atoms with Crippen molar-refractivity contribution in [3.8, 4) is 23.0 Å². The van der Waals surface area contributed by atoms with E-state index in [1.807, 2.05) is 0 Å². The SMILES string of the molecule is COC[C@H]1O[C@@H](O[C@@H]2OC[C@@H]3OC4(OC[C@@H](OC(=O)c5c(C)cc(O)cc5O)[C@@H]5OCOC54)O[C@H]3[C@H]2O)[C@@H](OC)[C@@H](O)[C@@H]1O[C@@H]1O[C@H](C)[C@H](OC)[C@H](O[C@@H]2O[C@H](C)[C@H]3OC4(C[C@@H](O)[C@H](O[C@H]5C[C@@H](O[C@H]6C[C@](C)([N+](=O)[O-])[C@@H](OC)[C@H](C)O6)[C@H](OC(=O)c6c(C)cc(O)c(Cl)c6OC)[C@@H](C)O5)[C@@H](C)O4)O[C@]3(C)[C@@H]2O)[C@H]1O. The van der Waals surface area contributed by atoms with Crippen LogP contribution in [-0.2, 0) is 118 Å². The number of phenolic OH excluding ortho intramolecular Hbond substituents is 3. The summed E-state index contributed by atoms with van der Waals surface area (Å²) in [5.74, 6) is -7.18. The monoisotopic (exact) mass is 1600 g/mol. The Hall–Kier alpha value is -4.85. The normalized spacial score (nSPS) is 45.9. The summed E-state index contributed by atoms with van der Waals surface area (Å²) in [6.45, 7) is 12.9. The number of aliphatic hydroxyl groups is 5. The molecule has 0 bridgehead atoms. The molecule has 0 saturated carbocycles. The molecule has 110 heavy (non-hydrogen) atoms. The van der Waals surface area contributed by atoms with Crippen LogP contribution in [0.3, 0.4) is 0 Å². The van der Waals surface area contributed by atoms with Crippen molar-refractivity contribution in [2.75, 3.05) is 62.2 Å².